The van der Waals surface area contributed by atoms with Crippen LogP contribution < -0.4 is 4.72 Å². The van der Waals surface area contributed by atoms with Crippen molar-refractivity contribution in [2.24, 2.45) is 0 Å². The van der Waals surface area contributed by atoms with Crippen LogP contribution >= 0.6 is 67.8 Å². The fourth-order valence-electron chi connectivity index (χ4n) is 1.15. The fourth-order valence-corrected chi connectivity index (χ4v) is 4.00. The minimum absolute atomic E-state index is 0.342. The molecule has 20 heavy (non-hydrogen) atoms. The summed E-state index contributed by atoms with van der Waals surface area (Å²) in [4.78, 5) is 23.1. The van der Waals surface area contributed by atoms with Gasteiger partial charge in [0.05, 0.1) is 11.8 Å². The largest absolute Gasteiger partial charge is 0.452 e. The maximum Gasteiger partial charge on any atom is 0.339 e. The maximum absolute atomic E-state index is 11.9. The first kappa shape index (κ1) is 18.3. The van der Waals surface area contributed by atoms with E-state index >= 15 is 0 Å². The monoisotopic (exact) mass is 635 g/mol. The van der Waals surface area contributed by atoms with Crippen LogP contribution in [0.15, 0.2) is 12.1 Å². The number of benzene rings is 1. The van der Waals surface area contributed by atoms with Crippen molar-refractivity contribution in [3.05, 3.63) is 28.4 Å². The molecule has 6 nitrogen and oxygen atoms in total. The third-order valence-corrected chi connectivity index (χ3v) is 6.11. The fraction of sp³-hybridized carbons (Fsp3) is 0.200. The Bertz CT molecular complexity index is 659. The average Bonchev–Trinajstić information content (AvgIpc) is 2.28. The quantitative estimate of drug-likeness (QED) is 0.310. The highest BCUT2D eigenvalue weighted by molar-refractivity contribution is 14.1. The zero-order valence-electron chi connectivity index (χ0n) is 9.95. The van der Waals surface area contributed by atoms with Crippen molar-refractivity contribution >= 4 is 89.7 Å². The number of rotatable bonds is 4. The number of amides is 1. The first-order valence-electron chi connectivity index (χ1n) is 4.92. The highest BCUT2D eigenvalue weighted by atomic mass is 127. The molecule has 0 saturated heterocycles. The van der Waals surface area contributed by atoms with E-state index in [4.69, 9.17) is 4.74 Å². The molecule has 0 aromatic heterocycles. The summed E-state index contributed by atoms with van der Waals surface area (Å²) >= 11 is 6.16. The van der Waals surface area contributed by atoms with Gasteiger partial charge in [0.2, 0.25) is 10.0 Å². The summed E-state index contributed by atoms with van der Waals surface area (Å²) in [5.41, 5.74) is 0.342. The van der Waals surface area contributed by atoms with Crippen LogP contribution in [0.4, 0.5) is 0 Å². The average molecular weight is 635 g/mol. The Kier molecular flexibility index (Phi) is 6.91. The molecule has 0 spiro atoms. The molecule has 0 aliphatic carbocycles. The molecule has 1 aromatic carbocycles. The second-order valence-electron chi connectivity index (χ2n) is 3.62. The maximum atomic E-state index is 11.9. The Hall–Kier alpha value is 0.300. The van der Waals surface area contributed by atoms with Crippen LogP contribution in [0.2, 0.25) is 0 Å². The van der Waals surface area contributed by atoms with Crippen LogP contribution in [0.3, 0.4) is 0 Å². The molecule has 0 radical (unpaired) electrons. The molecule has 10 heteroatoms. The lowest BCUT2D eigenvalue weighted by Crippen LogP contribution is -2.33. The van der Waals surface area contributed by atoms with Crippen molar-refractivity contribution < 1.29 is 22.7 Å². The van der Waals surface area contributed by atoms with Gasteiger partial charge >= 0.3 is 5.97 Å². The zero-order valence-corrected chi connectivity index (χ0v) is 17.2. The second-order valence-corrected chi connectivity index (χ2v) is 8.86. The van der Waals surface area contributed by atoms with Gasteiger partial charge in [-0.1, -0.05) is 0 Å². The summed E-state index contributed by atoms with van der Waals surface area (Å²) < 4.78 is 30.6. The lowest BCUT2D eigenvalue weighted by molar-refractivity contribution is -0.122. The molecule has 1 amide bonds. The van der Waals surface area contributed by atoms with Crippen LogP contribution in [-0.2, 0) is 19.6 Å². The zero-order chi connectivity index (χ0) is 15.5. The van der Waals surface area contributed by atoms with Crippen molar-refractivity contribution in [2.75, 3.05) is 12.9 Å². The van der Waals surface area contributed by atoms with Crippen molar-refractivity contribution in [1.29, 1.82) is 0 Å². The summed E-state index contributed by atoms with van der Waals surface area (Å²) in [6.45, 7) is -0.649. The van der Waals surface area contributed by atoms with E-state index in [9.17, 15) is 18.0 Å². The number of hydrogen-bond acceptors (Lipinski definition) is 5. The van der Waals surface area contributed by atoms with Crippen LogP contribution in [0.25, 0.3) is 0 Å². The van der Waals surface area contributed by atoms with Gasteiger partial charge in [-0.3, -0.25) is 9.52 Å². The Labute approximate surface area is 156 Å². The first-order valence-corrected chi connectivity index (χ1v) is 10.0. The SMILES string of the molecule is CS(=O)(=O)NC(=O)COC(=O)c1cc(I)cc(I)c1I. The van der Waals surface area contributed by atoms with E-state index in [0.29, 0.717) is 5.56 Å². The summed E-state index contributed by atoms with van der Waals surface area (Å²) in [6, 6.07) is 3.54. The van der Waals surface area contributed by atoms with Gasteiger partial charge in [0.1, 0.15) is 0 Å². The third kappa shape index (κ3) is 5.97. The standard InChI is InChI=1S/C10H8I3NO5S/c1-20(17,18)14-8(15)4-19-10(16)6-2-5(11)3-7(12)9(6)13/h2-3H,4H2,1H3,(H,14,15). The van der Waals surface area contributed by atoms with Gasteiger partial charge in [-0.2, -0.15) is 0 Å². The van der Waals surface area contributed by atoms with E-state index in [1.807, 2.05) is 28.7 Å². The van der Waals surface area contributed by atoms with E-state index in [-0.39, 0.29) is 0 Å². The Morgan fingerprint density at radius 2 is 1.85 bits per heavy atom. The van der Waals surface area contributed by atoms with E-state index in [1.165, 1.54) is 0 Å². The minimum atomic E-state index is -3.65. The van der Waals surface area contributed by atoms with Gasteiger partial charge in [0.25, 0.3) is 5.91 Å². The van der Waals surface area contributed by atoms with Gasteiger partial charge in [0.15, 0.2) is 6.61 Å². The van der Waals surface area contributed by atoms with E-state index < -0.39 is 28.5 Å². The highest BCUT2D eigenvalue weighted by Gasteiger charge is 2.17. The van der Waals surface area contributed by atoms with Crippen LogP contribution in [0.5, 0.6) is 0 Å². The molecule has 110 valence electrons. The molecular formula is C10H8I3NO5S. The molecule has 0 aliphatic rings. The van der Waals surface area contributed by atoms with E-state index in [1.54, 1.807) is 10.8 Å². The minimum Gasteiger partial charge on any atom is -0.452 e. The molecule has 0 saturated carbocycles. The molecular weight excluding hydrogens is 627 g/mol. The van der Waals surface area contributed by atoms with Gasteiger partial charge in [-0.05, 0) is 79.9 Å². The number of nitrogens with one attached hydrogen (secondary N) is 1. The molecule has 0 fully saturated rings. The first-order chi connectivity index (χ1) is 9.10. The normalized spacial score (nSPS) is 11.0. The number of sulfonamides is 1. The molecule has 0 heterocycles. The molecule has 1 rings (SSSR count). The van der Waals surface area contributed by atoms with Crippen molar-refractivity contribution in [2.45, 2.75) is 0 Å². The summed E-state index contributed by atoms with van der Waals surface area (Å²) in [6.07, 6.45) is 0.845. The number of halogens is 3. The number of ether oxygens (including phenoxy) is 1. The number of hydrogen-bond donors (Lipinski definition) is 1. The second kappa shape index (κ2) is 7.53. The van der Waals surface area contributed by atoms with E-state index in [0.717, 1.165) is 17.0 Å². The van der Waals surface area contributed by atoms with Crippen LogP contribution in [-0.4, -0.2) is 33.2 Å². The lowest BCUT2D eigenvalue weighted by Gasteiger charge is -2.08. The summed E-state index contributed by atoms with van der Waals surface area (Å²) in [5, 5.41) is 0. The molecule has 0 aliphatic heterocycles. The van der Waals surface area contributed by atoms with E-state index in [2.05, 4.69) is 45.2 Å². The topological polar surface area (TPSA) is 89.5 Å². The lowest BCUT2D eigenvalue weighted by atomic mass is 10.2. The summed E-state index contributed by atoms with van der Waals surface area (Å²) in [5.74, 6) is -1.56. The van der Waals surface area contributed by atoms with Gasteiger partial charge < -0.3 is 4.74 Å². The molecule has 0 atom stereocenters. The predicted molar refractivity (Wildman–Crippen MR) is 97.9 cm³/mol. The Balaban J connectivity index is 2.76. The Morgan fingerprint density at radius 1 is 1.25 bits per heavy atom. The van der Waals surface area contributed by atoms with Gasteiger partial charge in [-0.15, -0.1) is 0 Å². The van der Waals surface area contributed by atoms with Crippen LogP contribution in [0.1, 0.15) is 10.4 Å². The summed E-state index contributed by atoms with van der Waals surface area (Å²) in [7, 11) is -3.65. The number of esters is 1. The van der Waals surface area contributed by atoms with Crippen molar-refractivity contribution in [1.82, 2.24) is 4.72 Å². The molecule has 0 unspecified atom stereocenters. The number of carbonyl (C=O) groups is 2. The predicted octanol–water partition coefficient (Wildman–Crippen LogP) is 1.73. The van der Waals surface area contributed by atoms with Gasteiger partial charge in [-0.25, -0.2) is 13.2 Å². The molecule has 1 N–H and O–H groups in total. The van der Waals surface area contributed by atoms with Gasteiger partial charge in [0, 0.05) is 10.7 Å². The third-order valence-electron chi connectivity index (χ3n) is 1.85. The Morgan fingerprint density at radius 3 is 2.40 bits per heavy atom. The van der Waals surface area contributed by atoms with Crippen molar-refractivity contribution in [3.8, 4) is 0 Å². The smallest absolute Gasteiger partial charge is 0.339 e. The van der Waals surface area contributed by atoms with Crippen LogP contribution in [0, 0.1) is 10.7 Å². The molecule has 0 bridgehead atoms. The molecule has 1 aromatic rings. The van der Waals surface area contributed by atoms with Crippen molar-refractivity contribution in [3.63, 3.8) is 0 Å². The number of carbonyl (C=O) groups excluding carboxylic acids is 2. The highest BCUT2D eigenvalue weighted by Crippen LogP contribution is 2.23.